The number of hydrogen-bond donors (Lipinski definition) is 0. The SMILES string of the molecule is COc1cccc2c1nc(CCl)n2CC1CCCC(C)C1. The number of alkyl halides is 1. The van der Waals surface area contributed by atoms with Crippen LogP contribution in [0.5, 0.6) is 5.75 Å². The number of aromatic nitrogens is 2. The van der Waals surface area contributed by atoms with Crippen LogP contribution < -0.4 is 4.74 Å². The summed E-state index contributed by atoms with van der Waals surface area (Å²) in [5.41, 5.74) is 2.07. The van der Waals surface area contributed by atoms with Gasteiger partial charge in [0.15, 0.2) is 0 Å². The topological polar surface area (TPSA) is 27.1 Å². The van der Waals surface area contributed by atoms with Crippen molar-refractivity contribution >= 4 is 22.6 Å². The molecule has 1 aliphatic carbocycles. The zero-order valence-corrected chi connectivity index (χ0v) is 13.6. The fraction of sp³-hybridized carbons (Fsp3) is 0.588. The molecule has 2 aromatic rings. The van der Waals surface area contributed by atoms with Gasteiger partial charge in [0.1, 0.15) is 17.1 Å². The van der Waals surface area contributed by atoms with E-state index in [2.05, 4.69) is 17.6 Å². The van der Waals surface area contributed by atoms with Gasteiger partial charge in [-0.05, 0) is 36.8 Å². The molecule has 3 nitrogen and oxygen atoms in total. The third kappa shape index (κ3) is 2.89. The third-order valence-corrected chi connectivity index (χ3v) is 4.89. The van der Waals surface area contributed by atoms with Gasteiger partial charge < -0.3 is 9.30 Å². The fourth-order valence-electron chi connectivity index (χ4n) is 3.62. The molecule has 114 valence electrons. The summed E-state index contributed by atoms with van der Waals surface area (Å²) >= 11 is 6.12. The van der Waals surface area contributed by atoms with E-state index >= 15 is 0 Å². The number of imidazole rings is 1. The molecule has 0 amide bonds. The molecular weight excluding hydrogens is 284 g/mol. The highest BCUT2D eigenvalue weighted by molar-refractivity contribution is 6.16. The lowest BCUT2D eigenvalue weighted by atomic mass is 9.82. The third-order valence-electron chi connectivity index (χ3n) is 4.65. The molecule has 1 fully saturated rings. The number of fused-ring (bicyclic) bond motifs is 1. The Balaban J connectivity index is 1.96. The highest BCUT2D eigenvalue weighted by Crippen LogP contribution is 2.32. The molecule has 0 bridgehead atoms. The number of para-hydroxylation sites is 1. The van der Waals surface area contributed by atoms with E-state index in [4.69, 9.17) is 21.3 Å². The molecule has 21 heavy (non-hydrogen) atoms. The summed E-state index contributed by atoms with van der Waals surface area (Å²) in [5, 5.41) is 0. The average Bonchev–Trinajstić information content (AvgIpc) is 2.85. The van der Waals surface area contributed by atoms with E-state index in [9.17, 15) is 0 Å². The van der Waals surface area contributed by atoms with Crippen molar-refractivity contribution in [1.82, 2.24) is 9.55 Å². The molecule has 0 saturated heterocycles. The van der Waals surface area contributed by atoms with Crippen LogP contribution in [-0.4, -0.2) is 16.7 Å². The van der Waals surface area contributed by atoms with Crippen molar-refractivity contribution in [1.29, 1.82) is 0 Å². The first-order valence-electron chi connectivity index (χ1n) is 7.81. The van der Waals surface area contributed by atoms with Gasteiger partial charge in [0.2, 0.25) is 0 Å². The lowest BCUT2D eigenvalue weighted by molar-refractivity contribution is 0.257. The van der Waals surface area contributed by atoms with E-state index in [1.165, 1.54) is 25.7 Å². The van der Waals surface area contributed by atoms with Gasteiger partial charge in [-0.15, -0.1) is 11.6 Å². The van der Waals surface area contributed by atoms with Crippen LogP contribution in [0.25, 0.3) is 11.0 Å². The molecule has 3 rings (SSSR count). The summed E-state index contributed by atoms with van der Waals surface area (Å²) in [6, 6.07) is 6.11. The molecule has 1 saturated carbocycles. The summed E-state index contributed by atoms with van der Waals surface area (Å²) in [4.78, 5) is 4.69. The minimum absolute atomic E-state index is 0.445. The predicted molar refractivity (Wildman–Crippen MR) is 87.0 cm³/mol. The highest BCUT2D eigenvalue weighted by Gasteiger charge is 2.22. The minimum Gasteiger partial charge on any atom is -0.494 e. The molecule has 0 radical (unpaired) electrons. The van der Waals surface area contributed by atoms with Crippen molar-refractivity contribution < 1.29 is 4.74 Å². The second kappa shape index (κ2) is 6.27. The molecule has 1 aromatic carbocycles. The number of hydrogen-bond acceptors (Lipinski definition) is 2. The van der Waals surface area contributed by atoms with Gasteiger partial charge in [0, 0.05) is 6.54 Å². The van der Waals surface area contributed by atoms with Crippen LogP contribution in [0.3, 0.4) is 0 Å². The molecule has 1 aromatic heterocycles. The van der Waals surface area contributed by atoms with Crippen LogP contribution in [0.4, 0.5) is 0 Å². The minimum atomic E-state index is 0.445. The van der Waals surface area contributed by atoms with Crippen LogP contribution in [0.1, 0.15) is 38.4 Å². The molecule has 1 aliphatic rings. The van der Waals surface area contributed by atoms with Crippen LogP contribution in [0.2, 0.25) is 0 Å². The summed E-state index contributed by atoms with van der Waals surface area (Å²) in [7, 11) is 1.69. The fourth-order valence-corrected chi connectivity index (χ4v) is 3.83. The van der Waals surface area contributed by atoms with E-state index in [0.717, 1.165) is 41.0 Å². The summed E-state index contributed by atoms with van der Waals surface area (Å²) in [6.45, 7) is 3.39. The highest BCUT2D eigenvalue weighted by atomic mass is 35.5. The van der Waals surface area contributed by atoms with Gasteiger partial charge in [-0.2, -0.15) is 0 Å². The largest absolute Gasteiger partial charge is 0.494 e. The summed E-state index contributed by atoms with van der Waals surface area (Å²) < 4.78 is 7.73. The van der Waals surface area contributed by atoms with Gasteiger partial charge in [0.25, 0.3) is 0 Å². The molecule has 0 N–H and O–H groups in total. The second-order valence-electron chi connectivity index (χ2n) is 6.24. The maximum atomic E-state index is 6.12. The lowest BCUT2D eigenvalue weighted by Crippen LogP contribution is -2.19. The molecule has 0 aliphatic heterocycles. The average molecular weight is 307 g/mol. The number of halogens is 1. The van der Waals surface area contributed by atoms with E-state index in [1.807, 2.05) is 12.1 Å². The molecule has 4 heteroatoms. The number of methoxy groups -OCH3 is 1. The Bertz CT molecular complexity index is 623. The number of ether oxygens (including phenoxy) is 1. The monoisotopic (exact) mass is 306 g/mol. The molecule has 2 atom stereocenters. The maximum absolute atomic E-state index is 6.12. The molecular formula is C17H23ClN2O. The standard InChI is InChI=1S/C17H23ClN2O/c1-12-5-3-6-13(9-12)11-20-14-7-4-8-15(21-2)17(14)19-16(20)10-18/h4,7-8,12-13H,3,5-6,9-11H2,1-2H3. The second-order valence-corrected chi connectivity index (χ2v) is 6.51. The van der Waals surface area contributed by atoms with Crippen molar-refractivity contribution in [2.75, 3.05) is 7.11 Å². The quantitative estimate of drug-likeness (QED) is 0.771. The zero-order valence-electron chi connectivity index (χ0n) is 12.8. The van der Waals surface area contributed by atoms with Gasteiger partial charge in [0.05, 0.1) is 18.5 Å². The summed E-state index contributed by atoms with van der Waals surface area (Å²) in [5.74, 6) is 3.80. The van der Waals surface area contributed by atoms with E-state index in [0.29, 0.717) is 5.88 Å². The van der Waals surface area contributed by atoms with Crippen LogP contribution >= 0.6 is 11.6 Å². The van der Waals surface area contributed by atoms with Gasteiger partial charge in [-0.3, -0.25) is 0 Å². The van der Waals surface area contributed by atoms with Gasteiger partial charge >= 0.3 is 0 Å². The Hall–Kier alpha value is -1.22. The van der Waals surface area contributed by atoms with E-state index < -0.39 is 0 Å². The lowest BCUT2D eigenvalue weighted by Gasteiger charge is -2.27. The first-order chi connectivity index (χ1) is 10.2. The van der Waals surface area contributed by atoms with Crippen molar-refractivity contribution in [3.63, 3.8) is 0 Å². The van der Waals surface area contributed by atoms with Crippen LogP contribution in [-0.2, 0) is 12.4 Å². The summed E-state index contributed by atoms with van der Waals surface area (Å²) in [6.07, 6.45) is 5.34. The predicted octanol–water partition coefficient (Wildman–Crippen LogP) is 4.61. The van der Waals surface area contributed by atoms with Crippen LogP contribution in [0.15, 0.2) is 18.2 Å². The Morgan fingerprint density at radius 1 is 1.38 bits per heavy atom. The van der Waals surface area contributed by atoms with Crippen molar-refractivity contribution in [2.45, 2.75) is 45.0 Å². The van der Waals surface area contributed by atoms with Crippen LogP contribution in [0, 0.1) is 11.8 Å². The smallest absolute Gasteiger partial charge is 0.146 e. The maximum Gasteiger partial charge on any atom is 0.146 e. The molecule has 2 unspecified atom stereocenters. The van der Waals surface area contributed by atoms with E-state index in [1.54, 1.807) is 7.11 Å². The Kier molecular flexibility index (Phi) is 4.39. The number of nitrogens with zero attached hydrogens (tertiary/aromatic N) is 2. The van der Waals surface area contributed by atoms with Crippen molar-refractivity contribution in [3.8, 4) is 5.75 Å². The first kappa shape index (κ1) is 14.7. The Labute approximate surface area is 131 Å². The van der Waals surface area contributed by atoms with Crippen molar-refractivity contribution in [2.24, 2.45) is 11.8 Å². The molecule has 0 spiro atoms. The zero-order chi connectivity index (χ0) is 14.8. The first-order valence-corrected chi connectivity index (χ1v) is 8.34. The van der Waals surface area contributed by atoms with Gasteiger partial charge in [-0.1, -0.05) is 25.8 Å². The Morgan fingerprint density at radius 2 is 2.24 bits per heavy atom. The normalized spacial score (nSPS) is 22.6. The number of rotatable bonds is 4. The van der Waals surface area contributed by atoms with E-state index in [-0.39, 0.29) is 0 Å². The van der Waals surface area contributed by atoms with Gasteiger partial charge in [-0.25, -0.2) is 4.98 Å². The Morgan fingerprint density at radius 3 is 2.95 bits per heavy atom. The van der Waals surface area contributed by atoms with Crippen molar-refractivity contribution in [3.05, 3.63) is 24.0 Å². The molecule has 1 heterocycles. The number of benzene rings is 1.